The number of rotatable bonds is 3. The molecule has 2 heterocycles. The normalized spacial score (nSPS) is 22.3. The van der Waals surface area contributed by atoms with Gasteiger partial charge in [0, 0.05) is 26.2 Å². The van der Waals surface area contributed by atoms with Gasteiger partial charge in [0.25, 0.3) is 0 Å². The number of carbonyl (C=O) groups excluding carboxylic acids is 1. The van der Waals surface area contributed by atoms with Crippen molar-refractivity contribution >= 4 is 17.3 Å². The molecule has 0 radical (unpaired) electrons. The average Bonchev–Trinajstić information content (AvgIpc) is 2.49. The summed E-state index contributed by atoms with van der Waals surface area (Å²) >= 11 is 0. The van der Waals surface area contributed by atoms with E-state index >= 15 is 0 Å². The first-order chi connectivity index (χ1) is 10.1. The van der Waals surface area contributed by atoms with Gasteiger partial charge in [0.15, 0.2) is 0 Å². The van der Waals surface area contributed by atoms with E-state index in [2.05, 4.69) is 22.5 Å². The van der Waals surface area contributed by atoms with Crippen molar-refractivity contribution in [2.45, 2.75) is 31.3 Å². The predicted molar refractivity (Wildman–Crippen MR) is 83.6 cm³/mol. The molecule has 0 saturated carbocycles. The molecule has 1 aromatic rings. The van der Waals surface area contributed by atoms with E-state index < -0.39 is 5.54 Å². The number of hydrogen-bond acceptors (Lipinski definition) is 4. The summed E-state index contributed by atoms with van der Waals surface area (Å²) in [5, 5.41) is 6.53. The molecule has 0 bridgehead atoms. The van der Waals surface area contributed by atoms with Gasteiger partial charge in [0.2, 0.25) is 5.91 Å². The van der Waals surface area contributed by atoms with Gasteiger partial charge in [-0.15, -0.1) is 0 Å². The van der Waals surface area contributed by atoms with Crippen LogP contribution >= 0.6 is 0 Å². The third-order valence-electron chi connectivity index (χ3n) is 4.67. The molecule has 0 unspecified atom stereocenters. The predicted octanol–water partition coefficient (Wildman–Crippen LogP) is 1.92. The Hall–Kier alpha value is -1.59. The van der Waals surface area contributed by atoms with Gasteiger partial charge in [0.05, 0.1) is 18.0 Å². The third kappa shape index (κ3) is 2.63. The van der Waals surface area contributed by atoms with Crippen LogP contribution in [0.25, 0.3) is 0 Å². The quantitative estimate of drug-likeness (QED) is 0.892. The van der Waals surface area contributed by atoms with Crippen LogP contribution in [0, 0.1) is 0 Å². The van der Waals surface area contributed by atoms with Crippen molar-refractivity contribution in [2.24, 2.45) is 0 Å². The molecule has 2 aliphatic rings. The summed E-state index contributed by atoms with van der Waals surface area (Å²) in [6, 6.07) is 8.28. The van der Waals surface area contributed by atoms with E-state index in [0.29, 0.717) is 6.04 Å². The Morgan fingerprint density at radius 1 is 1.29 bits per heavy atom. The van der Waals surface area contributed by atoms with Gasteiger partial charge in [-0.1, -0.05) is 12.1 Å². The SMILES string of the molecule is COC[C@@H](C)N1CCC2(CC1)Nc1ccccc1NC2=O. The Morgan fingerprint density at radius 2 is 1.95 bits per heavy atom. The van der Waals surface area contributed by atoms with E-state index in [9.17, 15) is 4.79 Å². The highest BCUT2D eigenvalue weighted by Gasteiger charge is 2.44. The van der Waals surface area contributed by atoms with E-state index in [1.54, 1.807) is 7.11 Å². The maximum atomic E-state index is 12.5. The largest absolute Gasteiger partial charge is 0.383 e. The maximum absolute atomic E-state index is 12.5. The van der Waals surface area contributed by atoms with Crippen LogP contribution in [0.2, 0.25) is 0 Å². The summed E-state index contributed by atoms with van der Waals surface area (Å²) < 4.78 is 5.22. The van der Waals surface area contributed by atoms with Crippen LogP contribution in [0.5, 0.6) is 0 Å². The number of nitrogens with zero attached hydrogens (tertiary/aromatic N) is 1. The molecule has 1 atom stereocenters. The number of ether oxygens (including phenoxy) is 1. The van der Waals surface area contributed by atoms with Gasteiger partial charge < -0.3 is 15.4 Å². The molecule has 1 amide bonds. The van der Waals surface area contributed by atoms with Crippen molar-refractivity contribution in [3.63, 3.8) is 0 Å². The molecular weight excluding hydrogens is 266 g/mol. The van der Waals surface area contributed by atoms with Crippen LogP contribution in [-0.4, -0.2) is 49.2 Å². The summed E-state index contributed by atoms with van der Waals surface area (Å²) in [6.45, 7) is 4.72. The molecule has 1 fully saturated rings. The molecule has 1 spiro atoms. The first-order valence-corrected chi connectivity index (χ1v) is 7.56. The van der Waals surface area contributed by atoms with Crippen LogP contribution in [0.1, 0.15) is 19.8 Å². The van der Waals surface area contributed by atoms with Gasteiger partial charge in [0.1, 0.15) is 5.54 Å². The molecule has 21 heavy (non-hydrogen) atoms. The number of methoxy groups -OCH3 is 1. The molecular formula is C16H23N3O2. The lowest BCUT2D eigenvalue weighted by atomic mass is 9.84. The van der Waals surface area contributed by atoms with Crippen LogP contribution in [0.15, 0.2) is 24.3 Å². The Balaban J connectivity index is 1.72. The number of benzene rings is 1. The van der Waals surface area contributed by atoms with Gasteiger partial charge in [-0.2, -0.15) is 0 Å². The first-order valence-electron chi connectivity index (χ1n) is 7.56. The zero-order chi connectivity index (χ0) is 14.9. The zero-order valence-corrected chi connectivity index (χ0v) is 12.7. The fraction of sp³-hybridized carbons (Fsp3) is 0.562. The van der Waals surface area contributed by atoms with Crippen molar-refractivity contribution in [1.29, 1.82) is 0 Å². The minimum Gasteiger partial charge on any atom is -0.383 e. The van der Waals surface area contributed by atoms with Crippen LogP contribution in [0.3, 0.4) is 0 Å². The van der Waals surface area contributed by atoms with Crippen molar-refractivity contribution in [3.8, 4) is 0 Å². The van der Waals surface area contributed by atoms with E-state index in [-0.39, 0.29) is 5.91 Å². The number of para-hydroxylation sites is 2. The zero-order valence-electron chi connectivity index (χ0n) is 12.7. The number of anilines is 2. The minimum absolute atomic E-state index is 0.0974. The first kappa shape index (κ1) is 14.4. The van der Waals surface area contributed by atoms with Gasteiger partial charge in [-0.3, -0.25) is 9.69 Å². The molecule has 5 heteroatoms. The average molecular weight is 289 g/mol. The topological polar surface area (TPSA) is 53.6 Å². The third-order valence-corrected chi connectivity index (χ3v) is 4.67. The molecule has 1 aromatic carbocycles. The Labute approximate surface area is 125 Å². The monoisotopic (exact) mass is 289 g/mol. The highest BCUT2D eigenvalue weighted by Crippen LogP contribution is 2.36. The molecule has 0 aliphatic carbocycles. The van der Waals surface area contributed by atoms with Crippen LogP contribution < -0.4 is 10.6 Å². The fourth-order valence-corrected chi connectivity index (χ4v) is 3.30. The van der Waals surface area contributed by atoms with E-state index in [0.717, 1.165) is 43.9 Å². The van der Waals surface area contributed by atoms with Gasteiger partial charge in [-0.25, -0.2) is 0 Å². The molecule has 3 rings (SSSR count). The second-order valence-electron chi connectivity index (χ2n) is 6.05. The van der Waals surface area contributed by atoms with Crippen molar-refractivity contribution < 1.29 is 9.53 Å². The molecule has 0 aromatic heterocycles. The second-order valence-corrected chi connectivity index (χ2v) is 6.05. The number of amides is 1. The Bertz CT molecular complexity index is 524. The van der Waals surface area contributed by atoms with Crippen LogP contribution in [-0.2, 0) is 9.53 Å². The lowest BCUT2D eigenvalue weighted by molar-refractivity contribution is -0.122. The summed E-state index contributed by atoms with van der Waals surface area (Å²) in [5.74, 6) is 0.0974. The minimum atomic E-state index is -0.461. The molecule has 1 saturated heterocycles. The van der Waals surface area contributed by atoms with Gasteiger partial charge in [-0.05, 0) is 31.9 Å². The highest BCUT2D eigenvalue weighted by atomic mass is 16.5. The molecule has 2 aliphatic heterocycles. The van der Waals surface area contributed by atoms with E-state index in [1.165, 1.54) is 0 Å². The summed E-state index contributed by atoms with van der Waals surface area (Å²) in [5.41, 5.74) is 1.44. The highest BCUT2D eigenvalue weighted by molar-refractivity contribution is 6.06. The summed E-state index contributed by atoms with van der Waals surface area (Å²) in [7, 11) is 1.73. The number of piperidine rings is 1. The molecule has 2 N–H and O–H groups in total. The maximum Gasteiger partial charge on any atom is 0.250 e. The van der Waals surface area contributed by atoms with E-state index in [1.807, 2.05) is 24.3 Å². The summed E-state index contributed by atoms with van der Waals surface area (Å²) in [6.07, 6.45) is 1.64. The standard InChI is InChI=1S/C16H23N3O2/c1-12(11-21-2)19-9-7-16(8-10-19)15(20)17-13-5-3-4-6-14(13)18-16/h3-6,12,18H,7-11H2,1-2H3,(H,17,20)/t12-/m1/s1. The lowest BCUT2D eigenvalue weighted by Gasteiger charge is -2.45. The number of hydrogen-bond donors (Lipinski definition) is 2. The van der Waals surface area contributed by atoms with Crippen molar-refractivity contribution in [1.82, 2.24) is 4.90 Å². The number of carbonyl (C=O) groups is 1. The summed E-state index contributed by atoms with van der Waals surface area (Å²) in [4.78, 5) is 14.9. The lowest BCUT2D eigenvalue weighted by Crippen LogP contribution is -2.59. The number of likely N-dealkylation sites (tertiary alicyclic amines) is 1. The van der Waals surface area contributed by atoms with E-state index in [4.69, 9.17) is 4.74 Å². The van der Waals surface area contributed by atoms with Crippen molar-refractivity contribution in [3.05, 3.63) is 24.3 Å². The van der Waals surface area contributed by atoms with Gasteiger partial charge >= 0.3 is 0 Å². The second kappa shape index (κ2) is 5.66. The number of nitrogens with one attached hydrogen (secondary N) is 2. The molecule has 5 nitrogen and oxygen atoms in total. The Morgan fingerprint density at radius 3 is 2.62 bits per heavy atom. The van der Waals surface area contributed by atoms with Crippen molar-refractivity contribution in [2.75, 3.05) is 37.4 Å². The fourth-order valence-electron chi connectivity index (χ4n) is 3.30. The van der Waals surface area contributed by atoms with Crippen LogP contribution in [0.4, 0.5) is 11.4 Å². The smallest absolute Gasteiger partial charge is 0.250 e. The Kier molecular flexibility index (Phi) is 3.87. The molecule has 114 valence electrons. The number of fused-ring (bicyclic) bond motifs is 1.